The molecular formula is C21H20FN3O2. The minimum absolute atomic E-state index is 0.123. The molecule has 2 aliphatic rings. The molecule has 0 radical (unpaired) electrons. The number of nitrogens with zero attached hydrogens (tertiary/aromatic N) is 1. The predicted octanol–water partition coefficient (Wildman–Crippen LogP) is 3.97. The minimum atomic E-state index is -0.702. The number of amides is 3. The molecule has 2 aromatic carbocycles. The van der Waals surface area contributed by atoms with Crippen LogP contribution in [-0.2, 0) is 4.79 Å². The Morgan fingerprint density at radius 3 is 2.56 bits per heavy atom. The van der Waals surface area contributed by atoms with Crippen molar-refractivity contribution in [3.8, 4) is 0 Å². The van der Waals surface area contributed by atoms with Gasteiger partial charge in [0.1, 0.15) is 5.82 Å². The van der Waals surface area contributed by atoms with Crippen molar-refractivity contribution >= 4 is 17.6 Å². The molecule has 3 amide bonds. The molecule has 138 valence electrons. The van der Waals surface area contributed by atoms with Crippen molar-refractivity contribution in [2.45, 2.75) is 31.8 Å². The van der Waals surface area contributed by atoms with E-state index in [1.807, 2.05) is 18.2 Å². The van der Waals surface area contributed by atoms with Gasteiger partial charge in [0, 0.05) is 17.4 Å². The van der Waals surface area contributed by atoms with E-state index in [0.29, 0.717) is 22.5 Å². The summed E-state index contributed by atoms with van der Waals surface area (Å²) in [5.74, 6) is -0.717. The lowest BCUT2D eigenvalue weighted by atomic mass is 9.94. The molecule has 0 spiro atoms. The Hall–Kier alpha value is -3.15. The third kappa shape index (κ3) is 3.43. The second-order valence-corrected chi connectivity index (χ2v) is 6.86. The summed E-state index contributed by atoms with van der Waals surface area (Å²) in [5, 5.41) is 5.76. The second-order valence-electron chi connectivity index (χ2n) is 6.86. The predicted molar refractivity (Wildman–Crippen MR) is 100 cm³/mol. The molecule has 2 aromatic rings. The molecule has 2 N–H and O–H groups in total. The van der Waals surface area contributed by atoms with Gasteiger partial charge in [-0.1, -0.05) is 30.3 Å². The van der Waals surface area contributed by atoms with Crippen molar-refractivity contribution in [2.75, 3.05) is 5.32 Å². The fraction of sp³-hybridized carbons (Fsp3) is 0.238. The first-order chi connectivity index (χ1) is 13.0. The van der Waals surface area contributed by atoms with Gasteiger partial charge in [0.05, 0.1) is 11.6 Å². The molecule has 1 aliphatic heterocycles. The molecule has 6 heteroatoms. The fourth-order valence-electron chi connectivity index (χ4n) is 3.48. The van der Waals surface area contributed by atoms with Gasteiger partial charge in [0.2, 0.25) is 0 Å². The molecule has 27 heavy (non-hydrogen) atoms. The highest BCUT2D eigenvalue weighted by Gasteiger charge is 2.42. The Labute approximate surface area is 156 Å². The summed E-state index contributed by atoms with van der Waals surface area (Å²) in [7, 11) is 0. The maximum Gasteiger partial charge on any atom is 0.322 e. The van der Waals surface area contributed by atoms with Gasteiger partial charge in [-0.2, -0.15) is 0 Å². The lowest BCUT2D eigenvalue weighted by Gasteiger charge is -2.36. The van der Waals surface area contributed by atoms with Gasteiger partial charge in [-0.05, 0) is 49.6 Å². The first-order valence-corrected chi connectivity index (χ1v) is 8.97. The number of urea groups is 1. The largest absolute Gasteiger partial charge is 0.326 e. The highest BCUT2D eigenvalue weighted by atomic mass is 19.1. The summed E-state index contributed by atoms with van der Waals surface area (Å²) in [4.78, 5) is 27.4. The standard InChI is InChI=1S/C21H20FN3O2/c1-13-18(20(26)23-16-8-3-2-4-9-16)19(14-6-5-7-15(22)12-14)24-21(27)25(13)17-10-11-17/h2-9,12,17,19H,10-11H2,1H3,(H,23,26)(H,24,27). The van der Waals surface area contributed by atoms with Gasteiger partial charge in [0.25, 0.3) is 5.91 Å². The molecular weight excluding hydrogens is 345 g/mol. The number of rotatable bonds is 4. The monoisotopic (exact) mass is 365 g/mol. The van der Waals surface area contributed by atoms with Gasteiger partial charge in [-0.25, -0.2) is 9.18 Å². The van der Waals surface area contributed by atoms with E-state index >= 15 is 0 Å². The van der Waals surface area contributed by atoms with Crippen LogP contribution in [-0.4, -0.2) is 22.9 Å². The lowest BCUT2D eigenvalue weighted by Crippen LogP contribution is -2.49. The maximum absolute atomic E-state index is 13.8. The van der Waals surface area contributed by atoms with E-state index in [9.17, 15) is 14.0 Å². The van der Waals surface area contributed by atoms with Gasteiger partial charge in [-0.3, -0.25) is 9.69 Å². The number of allylic oxidation sites excluding steroid dienone is 1. The van der Waals surface area contributed by atoms with Gasteiger partial charge >= 0.3 is 6.03 Å². The van der Waals surface area contributed by atoms with Crippen LogP contribution in [0.5, 0.6) is 0 Å². The number of halogens is 1. The Balaban J connectivity index is 1.75. The average molecular weight is 365 g/mol. The van der Waals surface area contributed by atoms with E-state index in [1.54, 1.807) is 36.1 Å². The molecule has 1 unspecified atom stereocenters. The van der Waals surface area contributed by atoms with E-state index in [4.69, 9.17) is 0 Å². The van der Waals surface area contributed by atoms with Crippen LogP contribution in [0.25, 0.3) is 0 Å². The van der Waals surface area contributed by atoms with E-state index in [1.165, 1.54) is 12.1 Å². The molecule has 1 atom stereocenters. The quantitative estimate of drug-likeness (QED) is 0.861. The van der Waals surface area contributed by atoms with Gasteiger partial charge in [0.15, 0.2) is 0 Å². The Morgan fingerprint density at radius 2 is 1.89 bits per heavy atom. The van der Waals surface area contributed by atoms with Gasteiger partial charge in [-0.15, -0.1) is 0 Å². The Morgan fingerprint density at radius 1 is 1.15 bits per heavy atom. The second kappa shape index (κ2) is 6.87. The Bertz CT molecular complexity index is 922. The average Bonchev–Trinajstić information content (AvgIpc) is 3.47. The highest BCUT2D eigenvalue weighted by Crippen LogP contribution is 2.37. The first-order valence-electron chi connectivity index (χ1n) is 8.97. The first kappa shape index (κ1) is 17.3. The zero-order valence-corrected chi connectivity index (χ0v) is 14.9. The van der Waals surface area contributed by atoms with Crippen molar-refractivity contribution in [3.05, 3.63) is 77.2 Å². The molecule has 1 aliphatic carbocycles. The fourth-order valence-corrected chi connectivity index (χ4v) is 3.48. The number of benzene rings is 2. The number of para-hydroxylation sites is 1. The summed E-state index contributed by atoms with van der Waals surface area (Å²) < 4.78 is 13.8. The summed E-state index contributed by atoms with van der Waals surface area (Å²) in [6.45, 7) is 1.78. The molecule has 4 rings (SSSR count). The van der Waals surface area contributed by atoms with E-state index in [0.717, 1.165) is 12.8 Å². The molecule has 0 saturated heterocycles. The molecule has 0 bridgehead atoms. The smallest absolute Gasteiger partial charge is 0.322 e. The number of hydrogen-bond donors (Lipinski definition) is 2. The van der Waals surface area contributed by atoms with Crippen molar-refractivity contribution in [1.29, 1.82) is 0 Å². The molecule has 1 heterocycles. The molecule has 1 saturated carbocycles. The van der Waals surface area contributed by atoms with E-state index in [2.05, 4.69) is 10.6 Å². The van der Waals surface area contributed by atoms with Crippen molar-refractivity contribution in [2.24, 2.45) is 0 Å². The third-order valence-electron chi connectivity index (χ3n) is 4.90. The van der Waals surface area contributed by atoms with Crippen LogP contribution < -0.4 is 10.6 Å². The number of carbonyl (C=O) groups excluding carboxylic acids is 2. The van der Waals surface area contributed by atoms with Gasteiger partial charge < -0.3 is 10.6 Å². The third-order valence-corrected chi connectivity index (χ3v) is 4.90. The van der Waals surface area contributed by atoms with Crippen LogP contribution in [0.15, 0.2) is 65.9 Å². The van der Waals surface area contributed by atoms with Crippen molar-refractivity contribution in [3.63, 3.8) is 0 Å². The van der Waals surface area contributed by atoms with Crippen molar-refractivity contribution in [1.82, 2.24) is 10.2 Å². The highest BCUT2D eigenvalue weighted by molar-refractivity contribution is 6.06. The van der Waals surface area contributed by atoms with E-state index in [-0.39, 0.29) is 18.0 Å². The van der Waals surface area contributed by atoms with Crippen molar-refractivity contribution < 1.29 is 14.0 Å². The summed E-state index contributed by atoms with van der Waals surface area (Å²) in [5.41, 5.74) is 2.24. The number of nitrogens with one attached hydrogen (secondary N) is 2. The number of carbonyl (C=O) groups is 2. The Kier molecular flexibility index (Phi) is 4.39. The molecule has 1 fully saturated rings. The minimum Gasteiger partial charge on any atom is -0.326 e. The van der Waals surface area contributed by atoms with Crippen LogP contribution in [0.2, 0.25) is 0 Å². The van der Waals surface area contributed by atoms with Crippen LogP contribution in [0.4, 0.5) is 14.9 Å². The summed E-state index contributed by atoms with van der Waals surface area (Å²) in [6.07, 6.45) is 1.84. The summed E-state index contributed by atoms with van der Waals surface area (Å²) in [6, 6.07) is 14.3. The van der Waals surface area contributed by atoms with Crippen LogP contribution in [0, 0.1) is 5.82 Å². The summed E-state index contributed by atoms with van der Waals surface area (Å²) >= 11 is 0. The lowest BCUT2D eigenvalue weighted by molar-refractivity contribution is -0.113. The molecule has 5 nitrogen and oxygen atoms in total. The van der Waals surface area contributed by atoms with Crippen LogP contribution >= 0.6 is 0 Å². The number of hydrogen-bond acceptors (Lipinski definition) is 2. The van der Waals surface area contributed by atoms with E-state index < -0.39 is 11.9 Å². The van der Waals surface area contributed by atoms with Crippen LogP contribution in [0.1, 0.15) is 31.4 Å². The zero-order valence-electron chi connectivity index (χ0n) is 14.9. The normalized spacial score (nSPS) is 19.7. The maximum atomic E-state index is 13.8. The van der Waals surface area contributed by atoms with Crippen LogP contribution in [0.3, 0.4) is 0 Å². The SMILES string of the molecule is CC1=C(C(=O)Nc2ccccc2)C(c2cccc(F)c2)NC(=O)N1C1CC1. The topological polar surface area (TPSA) is 61.4 Å². The molecule has 0 aromatic heterocycles. The number of anilines is 1. The zero-order chi connectivity index (χ0) is 19.0.